The fourth-order valence-electron chi connectivity index (χ4n) is 7.54. The molecular weight excluding hydrogens is 597 g/mol. The second-order valence-corrected chi connectivity index (χ2v) is 14.4. The molecule has 0 atom stereocenters. The van der Waals surface area contributed by atoms with Crippen LogP contribution in [-0.4, -0.2) is 14.1 Å². The van der Waals surface area contributed by atoms with E-state index >= 15 is 0 Å². The molecule has 0 radical (unpaired) electrons. The first-order chi connectivity index (χ1) is 23.7. The van der Waals surface area contributed by atoms with Crippen LogP contribution in [0.3, 0.4) is 0 Å². The van der Waals surface area contributed by atoms with E-state index in [2.05, 4.69) is 189 Å². The number of para-hydroxylation sites is 3. The molecular formula is C45H43N4+. The molecule has 0 fully saturated rings. The molecule has 8 rings (SSSR count). The molecule has 5 aromatic carbocycles. The Hall–Kier alpha value is -5.48. The Kier molecular flexibility index (Phi) is 7.48. The summed E-state index contributed by atoms with van der Waals surface area (Å²) in [5.41, 5.74) is 12.0. The maximum atomic E-state index is 4.97. The summed E-state index contributed by atoms with van der Waals surface area (Å²) in [7, 11) is 0. The number of benzene rings is 5. The number of rotatable bonds is 7. The predicted octanol–water partition coefficient (Wildman–Crippen LogP) is 11.1. The summed E-state index contributed by atoms with van der Waals surface area (Å²) in [6, 6.07) is 46.9. The third-order valence-corrected chi connectivity index (χ3v) is 10.3. The smallest absolute Gasteiger partial charge is 0.250 e. The van der Waals surface area contributed by atoms with Crippen molar-refractivity contribution in [3.8, 4) is 22.6 Å². The van der Waals surface area contributed by atoms with Gasteiger partial charge in [-0.2, -0.15) is 4.57 Å². The first-order valence-electron chi connectivity index (χ1n) is 17.4. The van der Waals surface area contributed by atoms with Crippen molar-refractivity contribution in [2.75, 3.05) is 0 Å². The predicted molar refractivity (Wildman–Crippen MR) is 204 cm³/mol. The van der Waals surface area contributed by atoms with Crippen molar-refractivity contribution in [3.05, 3.63) is 157 Å². The molecule has 0 unspecified atom stereocenters. The Morgan fingerprint density at radius 1 is 0.633 bits per heavy atom. The van der Waals surface area contributed by atoms with Gasteiger partial charge < -0.3 is 0 Å². The van der Waals surface area contributed by atoms with Crippen LogP contribution in [0, 0.1) is 0 Å². The fourth-order valence-corrected chi connectivity index (χ4v) is 7.54. The number of aromatic nitrogens is 4. The zero-order valence-electron chi connectivity index (χ0n) is 29.2. The van der Waals surface area contributed by atoms with Crippen molar-refractivity contribution in [2.24, 2.45) is 0 Å². The number of nitrogens with zero attached hydrogens (tertiary/aromatic N) is 4. The molecule has 4 heteroatoms. The molecule has 242 valence electrons. The van der Waals surface area contributed by atoms with Gasteiger partial charge in [-0.1, -0.05) is 107 Å². The van der Waals surface area contributed by atoms with E-state index in [9.17, 15) is 0 Å². The maximum Gasteiger partial charge on any atom is 0.250 e. The molecule has 3 aromatic heterocycles. The highest BCUT2D eigenvalue weighted by atomic mass is 15.1. The molecule has 8 aromatic rings. The van der Waals surface area contributed by atoms with E-state index in [0.29, 0.717) is 12.0 Å². The molecule has 0 spiro atoms. The molecule has 0 amide bonds. The summed E-state index contributed by atoms with van der Waals surface area (Å²) < 4.78 is 7.02. The standard InChI is InChI=1S/C45H43N4/c1-30(2)36-16-7-8-17-37(36)32-24-25-46-44(26-32)49-40-19-10-9-18-38(40)39-23-22-34(28-43(39)49)45(5,6)33-14-13-15-35(27-33)48-29-47(31(3)4)41-20-11-12-21-42(41)48/h7-31H,1-6H3/q+1. The zero-order chi connectivity index (χ0) is 33.9. The topological polar surface area (TPSA) is 26.6 Å². The van der Waals surface area contributed by atoms with Crippen LogP contribution in [0.15, 0.2) is 140 Å². The highest BCUT2D eigenvalue weighted by molar-refractivity contribution is 6.09. The Morgan fingerprint density at radius 3 is 2.16 bits per heavy atom. The van der Waals surface area contributed by atoms with Crippen LogP contribution in [0.25, 0.3) is 55.5 Å². The van der Waals surface area contributed by atoms with Crippen LogP contribution in [0.5, 0.6) is 0 Å². The number of imidazole rings is 1. The second-order valence-electron chi connectivity index (χ2n) is 14.4. The number of hydrogen-bond donors (Lipinski definition) is 0. The number of hydrogen-bond acceptors (Lipinski definition) is 1. The van der Waals surface area contributed by atoms with E-state index in [1.165, 1.54) is 60.8 Å². The lowest BCUT2D eigenvalue weighted by atomic mass is 9.77. The van der Waals surface area contributed by atoms with Crippen molar-refractivity contribution < 1.29 is 4.57 Å². The van der Waals surface area contributed by atoms with Crippen molar-refractivity contribution >= 4 is 32.8 Å². The van der Waals surface area contributed by atoms with Crippen molar-refractivity contribution in [3.63, 3.8) is 0 Å². The van der Waals surface area contributed by atoms with Crippen LogP contribution in [0.1, 0.15) is 70.2 Å². The highest BCUT2D eigenvalue weighted by Crippen LogP contribution is 2.39. The van der Waals surface area contributed by atoms with E-state index in [4.69, 9.17) is 4.98 Å². The lowest BCUT2D eigenvalue weighted by Crippen LogP contribution is -2.34. The van der Waals surface area contributed by atoms with Gasteiger partial charge >= 0.3 is 0 Å². The average molecular weight is 640 g/mol. The summed E-state index contributed by atoms with van der Waals surface area (Å²) in [5.74, 6) is 1.36. The van der Waals surface area contributed by atoms with Gasteiger partial charge in [-0.05, 0) is 96.1 Å². The van der Waals surface area contributed by atoms with Crippen LogP contribution in [-0.2, 0) is 5.41 Å². The average Bonchev–Trinajstić information content (AvgIpc) is 3.68. The van der Waals surface area contributed by atoms with Crippen molar-refractivity contribution in [1.82, 2.24) is 14.1 Å². The Labute approximate surface area is 288 Å². The second kappa shape index (κ2) is 11.9. The van der Waals surface area contributed by atoms with E-state index in [-0.39, 0.29) is 5.41 Å². The summed E-state index contributed by atoms with van der Waals surface area (Å²) in [5, 5.41) is 2.47. The van der Waals surface area contributed by atoms with Crippen LogP contribution in [0.4, 0.5) is 0 Å². The van der Waals surface area contributed by atoms with E-state index in [1.807, 2.05) is 6.20 Å². The molecule has 0 saturated carbocycles. The molecule has 3 heterocycles. The zero-order valence-corrected chi connectivity index (χ0v) is 29.2. The first kappa shape index (κ1) is 30.8. The van der Waals surface area contributed by atoms with Crippen LogP contribution in [0.2, 0.25) is 0 Å². The molecule has 0 aliphatic heterocycles. The Morgan fingerprint density at radius 2 is 1.35 bits per heavy atom. The fraction of sp³-hybridized carbons (Fsp3) is 0.200. The van der Waals surface area contributed by atoms with Gasteiger partial charge in [-0.25, -0.2) is 9.55 Å². The van der Waals surface area contributed by atoms with E-state index in [1.54, 1.807) is 0 Å². The monoisotopic (exact) mass is 639 g/mol. The molecule has 0 saturated heterocycles. The maximum absolute atomic E-state index is 4.97. The summed E-state index contributed by atoms with van der Waals surface area (Å²) in [6.45, 7) is 13.7. The quantitative estimate of drug-likeness (QED) is 0.159. The van der Waals surface area contributed by atoms with Gasteiger partial charge in [0.25, 0.3) is 0 Å². The summed E-state index contributed by atoms with van der Waals surface area (Å²) >= 11 is 0. The molecule has 0 aliphatic rings. The number of fused-ring (bicyclic) bond motifs is 4. The van der Waals surface area contributed by atoms with Gasteiger partial charge in [0.2, 0.25) is 6.33 Å². The highest BCUT2D eigenvalue weighted by Gasteiger charge is 2.27. The normalized spacial score (nSPS) is 12.2. The van der Waals surface area contributed by atoms with E-state index < -0.39 is 0 Å². The molecule has 4 nitrogen and oxygen atoms in total. The van der Waals surface area contributed by atoms with Crippen LogP contribution < -0.4 is 4.57 Å². The largest absolute Gasteiger partial charge is 0.294 e. The Balaban J connectivity index is 1.27. The summed E-state index contributed by atoms with van der Waals surface area (Å²) in [6.07, 6.45) is 4.20. The van der Waals surface area contributed by atoms with Gasteiger partial charge in [-0.15, -0.1) is 0 Å². The van der Waals surface area contributed by atoms with Gasteiger partial charge in [0.15, 0.2) is 11.0 Å². The van der Waals surface area contributed by atoms with Crippen molar-refractivity contribution in [1.29, 1.82) is 0 Å². The SMILES string of the molecule is CC(C)c1ccccc1-c1ccnc(-n2c3ccccc3c3ccc(C(C)(C)c4cccc(-n5c[n+](C(C)C)c6ccccc65)c4)cc32)c1. The van der Waals surface area contributed by atoms with E-state index in [0.717, 1.165) is 11.3 Å². The van der Waals surface area contributed by atoms with Gasteiger partial charge in [0.1, 0.15) is 11.5 Å². The third-order valence-electron chi connectivity index (χ3n) is 10.3. The Bertz CT molecular complexity index is 2490. The van der Waals surface area contributed by atoms with Crippen LogP contribution >= 0.6 is 0 Å². The molecule has 0 N–H and O–H groups in total. The summed E-state index contributed by atoms with van der Waals surface area (Å²) in [4.78, 5) is 4.97. The molecule has 0 bridgehead atoms. The first-order valence-corrected chi connectivity index (χ1v) is 17.4. The lowest BCUT2D eigenvalue weighted by Gasteiger charge is -2.26. The molecule has 49 heavy (non-hydrogen) atoms. The molecule has 0 aliphatic carbocycles. The minimum absolute atomic E-state index is 0.256. The minimum Gasteiger partial charge on any atom is -0.294 e. The van der Waals surface area contributed by atoms with Gasteiger partial charge in [0, 0.05) is 22.4 Å². The van der Waals surface area contributed by atoms with Crippen molar-refractivity contribution in [2.45, 2.75) is 58.9 Å². The van der Waals surface area contributed by atoms with Gasteiger partial charge in [-0.3, -0.25) is 4.57 Å². The number of pyridine rings is 1. The van der Waals surface area contributed by atoms with Gasteiger partial charge in [0.05, 0.1) is 17.1 Å². The minimum atomic E-state index is -0.256. The lowest BCUT2D eigenvalue weighted by molar-refractivity contribution is -0.691. The third kappa shape index (κ3) is 5.14.